The van der Waals surface area contributed by atoms with Crippen LogP contribution < -0.4 is 10.6 Å². The van der Waals surface area contributed by atoms with E-state index in [0.717, 1.165) is 25.1 Å². The number of halogens is 2. The Kier molecular flexibility index (Phi) is 5.56. The lowest BCUT2D eigenvalue weighted by molar-refractivity contribution is -0.116. The smallest absolute Gasteiger partial charge is 0.225 e. The van der Waals surface area contributed by atoms with Crippen molar-refractivity contribution in [3.05, 3.63) is 29.8 Å². The number of anilines is 1. The van der Waals surface area contributed by atoms with E-state index in [2.05, 4.69) is 10.6 Å². The van der Waals surface area contributed by atoms with Gasteiger partial charge in [0.2, 0.25) is 5.91 Å². The summed E-state index contributed by atoms with van der Waals surface area (Å²) in [5.41, 5.74) is -0.381. The maximum atomic E-state index is 13.2. The summed E-state index contributed by atoms with van der Waals surface area (Å²) < 4.78 is 26.4. The van der Waals surface area contributed by atoms with Gasteiger partial charge < -0.3 is 10.6 Å². The van der Waals surface area contributed by atoms with Gasteiger partial charge in [0.1, 0.15) is 17.3 Å². The molecule has 0 radical (unpaired) electrons. The third kappa shape index (κ3) is 4.48. The Hall–Kier alpha value is -1.49. The summed E-state index contributed by atoms with van der Waals surface area (Å²) in [7, 11) is 0. The Bertz CT molecular complexity index is 363. The molecule has 17 heavy (non-hydrogen) atoms. The molecule has 0 heterocycles. The molecule has 1 rings (SSSR count). The van der Waals surface area contributed by atoms with Crippen LogP contribution in [0.2, 0.25) is 0 Å². The van der Waals surface area contributed by atoms with Crippen LogP contribution in [0.25, 0.3) is 0 Å². The lowest BCUT2D eigenvalue weighted by Gasteiger charge is -2.07. The van der Waals surface area contributed by atoms with Gasteiger partial charge in [0.25, 0.3) is 0 Å². The van der Waals surface area contributed by atoms with Crippen LogP contribution in [0.15, 0.2) is 18.2 Å². The van der Waals surface area contributed by atoms with E-state index in [9.17, 15) is 13.6 Å². The minimum atomic E-state index is -0.764. The van der Waals surface area contributed by atoms with Gasteiger partial charge in [0.05, 0.1) is 0 Å². The van der Waals surface area contributed by atoms with E-state index in [4.69, 9.17) is 0 Å². The fraction of sp³-hybridized carbons (Fsp3) is 0.417. The number of benzene rings is 1. The second kappa shape index (κ2) is 6.96. The molecule has 0 fully saturated rings. The van der Waals surface area contributed by atoms with Crippen LogP contribution in [0.3, 0.4) is 0 Å². The van der Waals surface area contributed by atoms with Gasteiger partial charge in [-0.1, -0.05) is 13.0 Å². The Labute approximate surface area is 99.2 Å². The third-order valence-electron chi connectivity index (χ3n) is 2.18. The monoisotopic (exact) mass is 242 g/mol. The first-order chi connectivity index (χ1) is 8.15. The standard InChI is InChI=1S/C12H16F2N2O/c1-2-7-15-8-6-11(17)16-12-9(13)4-3-5-10(12)14/h3-5,15H,2,6-8H2,1H3,(H,16,17). The summed E-state index contributed by atoms with van der Waals surface area (Å²) in [5.74, 6) is -1.93. The molecule has 94 valence electrons. The van der Waals surface area contributed by atoms with Gasteiger partial charge in [-0.25, -0.2) is 8.78 Å². The van der Waals surface area contributed by atoms with Crippen molar-refractivity contribution in [2.45, 2.75) is 19.8 Å². The lowest BCUT2D eigenvalue weighted by Crippen LogP contribution is -2.23. The zero-order valence-corrected chi connectivity index (χ0v) is 9.72. The van der Waals surface area contributed by atoms with Crippen LogP contribution in [0.5, 0.6) is 0 Å². The Morgan fingerprint density at radius 2 is 1.88 bits per heavy atom. The fourth-order valence-electron chi connectivity index (χ4n) is 1.32. The first kappa shape index (κ1) is 13.6. The number of carbonyl (C=O) groups excluding carboxylic acids is 1. The van der Waals surface area contributed by atoms with Crippen molar-refractivity contribution in [2.75, 3.05) is 18.4 Å². The zero-order chi connectivity index (χ0) is 12.7. The average molecular weight is 242 g/mol. The van der Waals surface area contributed by atoms with Crippen LogP contribution in [-0.4, -0.2) is 19.0 Å². The maximum absolute atomic E-state index is 13.2. The second-order valence-electron chi connectivity index (χ2n) is 3.64. The molecule has 0 saturated carbocycles. The summed E-state index contributed by atoms with van der Waals surface area (Å²) in [6.07, 6.45) is 1.16. The SMILES string of the molecule is CCCNCCC(=O)Nc1c(F)cccc1F. The van der Waals surface area contributed by atoms with Crippen molar-refractivity contribution >= 4 is 11.6 Å². The lowest BCUT2D eigenvalue weighted by atomic mass is 10.2. The Balaban J connectivity index is 2.45. The number of carbonyl (C=O) groups is 1. The highest BCUT2D eigenvalue weighted by Gasteiger charge is 2.11. The van der Waals surface area contributed by atoms with Gasteiger partial charge in [-0.2, -0.15) is 0 Å². The van der Waals surface area contributed by atoms with E-state index in [1.165, 1.54) is 6.07 Å². The van der Waals surface area contributed by atoms with Crippen LogP contribution in [0, 0.1) is 11.6 Å². The van der Waals surface area contributed by atoms with Gasteiger partial charge in [-0.05, 0) is 25.1 Å². The van der Waals surface area contributed by atoms with E-state index in [1.54, 1.807) is 0 Å². The Morgan fingerprint density at radius 1 is 1.24 bits per heavy atom. The van der Waals surface area contributed by atoms with Gasteiger partial charge in [-0.3, -0.25) is 4.79 Å². The van der Waals surface area contributed by atoms with Gasteiger partial charge in [0, 0.05) is 13.0 Å². The van der Waals surface area contributed by atoms with Gasteiger partial charge >= 0.3 is 0 Å². The minimum absolute atomic E-state index is 0.188. The highest BCUT2D eigenvalue weighted by atomic mass is 19.1. The summed E-state index contributed by atoms with van der Waals surface area (Å²) in [5, 5.41) is 5.26. The molecular weight excluding hydrogens is 226 g/mol. The number of amides is 1. The Morgan fingerprint density at radius 3 is 2.47 bits per heavy atom. The molecule has 0 atom stereocenters. The van der Waals surface area contributed by atoms with Crippen molar-refractivity contribution in [1.82, 2.24) is 5.32 Å². The molecule has 0 aliphatic rings. The highest BCUT2D eigenvalue weighted by Crippen LogP contribution is 2.17. The molecule has 1 aromatic carbocycles. The van der Waals surface area contributed by atoms with Crippen molar-refractivity contribution in [3.8, 4) is 0 Å². The van der Waals surface area contributed by atoms with E-state index < -0.39 is 17.5 Å². The molecule has 0 aliphatic heterocycles. The summed E-state index contributed by atoms with van der Waals surface area (Å²) in [4.78, 5) is 11.4. The van der Waals surface area contributed by atoms with E-state index in [0.29, 0.717) is 6.54 Å². The summed E-state index contributed by atoms with van der Waals surface area (Å²) in [6, 6.07) is 3.46. The van der Waals surface area contributed by atoms with Crippen molar-refractivity contribution in [3.63, 3.8) is 0 Å². The molecule has 0 saturated heterocycles. The van der Waals surface area contributed by atoms with Gasteiger partial charge in [-0.15, -0.1) is 0 Å². The molecule has 1 aromatic rings. The van der Waals surface area contributed by atoms with Crippen molar-refractivity contribution in [2.24, 2.45) is 0 Å². The molecule has 2 N–H and O–H groups in total. The molecule has 0 bridgehead atoms. The van der Waals surface area contributed by atoms with Crippen molar-refractivity contribution < 1.29 is 13.6 Å². The molecule has 5 heteroatoms. The molecule has 3 nitrogen and oxygen atoms in total. The third-order valence-corrected chi connectivity index (χ3v) is 2.18. The molecule has 0 aliphatic carbocycles. The summed E-state index contributed by atoms with van der Waals surface area (Å²) >= 11 is 0. The van der Waals surface area contributed by atoms with Crippen LogP contribution in [-0.2, 0) is 4.79 Å². The molecule has 0 aromatic heterocycles. The summed E-state index contributed by atoms with van der Waals surface area (Å²) in [6.45, 7) is 3.33. The fourth-order valence-corrected chi connectivity index (χ4v) is 1.32. The number of hydrogen-bond donors (Lipinski definition) is 2. The van der Waals surface area contributed by atoms with E-state index in [-0.39, 0.29) is 12.1 Å². The van der Waals surface area contributed by atoms with Crippen molar-refractivity contribution in [1.29, 1.82) is 0 Å². The normalized spacial score (nSPS) is 10.3. The first-order valence-electron chi connectivity index (χ1n) is 5.59. The first-order valence-corrected chi connectivity index (χ1v) is 5.59. The molecule has 0 unspecified atom stereocenters. The van der Waals surface area contributed by atoms with Crippen LogP contribution >= 0.6 is 0 Å². The topological polar surface area (TPSA) is 41.1 Å². The minimum Gasteiger partial charge on any atom is -0.321 e. The number of nitrogens with one attached hydrogen (secondary N) is 2. The predicted molar refractivity (Wildman–Crippen MR) is 62.8 cm³/mol. The molecule has 0 spiro atoms. The average Bonchev–Trinajstić information content (AvgIpc) is 2.30. The van der Waals surface area contributed by atoms with E-state index in [1.807, 2.05) is 6.92 Å². The van der Waals surface area contributed by atoms with Gasteiger partial charge in [0.15, 0.2) is 0 Å². The maximum Gasteiger partial charge on any atom is 0.225 e. The number of rotatable bonds is 6. The van der Waals surface area contributed by atoms with E-state index >= 15 is 0 Å². The van der Waals surface area contributed by atoms with Crippen LogP contribution in [0.4, 0.5) is 14.5 Å². The number of hydrogen-bond acceptors (Lipinski definition) is 2. The zero-order valence-electron chi connectivity index (χ0n) is 9.72. The molecular formula is C12H16F2N2O. The predicted octanol–water partition coefficient (Wildman–Crippen LogP) is 2.29. The highest BCUT2D eigenvalue weighted by molar-refractivity contribution is 5.91. The number of para-hydroxylation sites is 1. The largest absolute Gasteiger partial charge is 0.321 e. The quantitative estimate of drug-likeness (QED) is 0.751. The van der Waals surface area contributed by atoms with Crippen LogP contribution in [0.1, 0.15) is 19.8 Å². The molecule has 1 amide bonds. The second-order valence-corrected chi connectivity index (χ2v) is 3.64.